The van der Waals surface area contributed by atoms with Crippen molar-refractivity contribution in [1.29, 1.82) is 0 Å². The highest BCUT2D eigenvalue weighted by atomic mass is 32.1. The van der Waals surface area contributed by atoms with E-state index >= 15 is 0 Å². The molecule has 3 aromatic rings. The second kappa shape index (κ2) is 8.27. The van der Waals surface area contributed by atoms with Gasteiger partial charge in [0.2, 0.25) is 0 Å². The molecule has 0 unspecified atom stereocenters. The topological polar surface area (TPSA) is 55.8 Å². The molecular formula is C22H19NO4S. The van der Waals surface area contributed by atoms with E-state index in [0.29, 0.717) is 24.4 Å². The van der Waals surface area contributed by atoms with Gasteiger partial charge in [-0.3, -0.25) is 4.79 Å². The standard InChI is InChI=1S/C22H19NO4S/c24-21(23-12-10-20-17(14-23)11-13-28-20)15-26-22(25)16-6-8-19(9-7-16)27-18-4-2-1-3-5-18/h1-9,11,13H,10,12,14-15H2. The molecule has 0 atom stereocenters. The third kappa shape index (κ3) is 4.23. The molecule has 4 rings (SSSR count). The number of esters is 1. The summed E-state index contributed by atoms with van der Waals surface area (Å²) in [4.78, 5) is 27.6. The van der Waals surface area contributed by atoms with Crippen molar-refractivity contribution >= 4 is 23.2 Å². The maximum Gasteiger partial charge on any atom is 0.338 e. The summed E-state index contributed by atoms with van der Waals surface area (Å²) in [6, 6.07) is 18.1. The van der Waals surface area contributed by atoms with Crippen molar-refractivity contribution in [2.24, 2.45) is 0 Å². The van der Waals surface area contributed by atoms with Gasteiger partial charge >= 0.3 is 5.97 Å². The predicted octanol–water partition coefficient (Wildman–Crippen LogP) is 4.28. The molecule has 2 aromatic carbocycles. The summed E-state index contributed by atoms with van der Waals surface area (Å²) in [5, 5.41) is 2.05. The Morgan fingerprint density at radius 3 is 2.50 bits per heavy atom. The summed E-state index contributed by atoms with van der Waals surface area (Å²) in [6.45, 7) is 0.997. The zero-order valence-electron chi connectivity index (χ0n) is 15.2. The first-order valence-electron chi connectivity index (χ1n) is 9.02. The van der Waals surface area contributed by atoms with Crippen molar-refractivity contribution in [1.82, 2.24) is 4.90 Å². The van der Waals surface area contributed by atoms with Crippen molar-refractivity contribution < 1.29 is 19.1 Å². The van der Waals surface area contributed by atoms with Crippen LogP contribution in [0.1, 0.15) is 20.8 Å². The van der Waals surface area contributed by atoms with Gasteiger partial charge in [-0.2, -0.15) is 0 Å². The van der Waals surface area contributed by atoms with Crippen LogP contribution in [0.5, 0.6) is 11.5 Å². The van der Waals surface area contributed by atoms with E-state index in [1.165, 1.54) is 10.4 Å². The number of benzene rings is 2. The van der Waals surface area contributed by atoms with Gasteiger partial charge in [-0.1, -0.05) is 18.2 Å². The van der Waals surface area contributed by atoms with E-state index < -0.39 is 5.97 Å². The number of thiophene rings is 1. The third-order valence-corrected chi connectivity index (χ3v) is 5.58. The van der Waals surface area contributed by atoms with Gasteiger partial charge in [-0.25, -0.2) is 4.79 Å². The minimum Gasteiger partial charge on any atom is -0.457 e. The molecule has 28 heavy (non-hydrogen) atoms. The maximum atomic E-state index is 12.4. The molecule has 1 aromatic heterocycles. The summed E-state index contributed by atoms with van der Waals surface area (Å²) in [6.07, 6.45) is 0.857. The maximum absolute atomic E-state index is 12.4. The average molecular weight is 393 g/mol. The fourth-order valence-electron chi connectivity index (χ4n) is 3.05. The van der Waals surface area contributed by atoms with Crippen LogP contribution in [0.15, 0.2) is 66.0 Å². The SMILES string of the molecule is O=C(OCC(=O)N1CCc2sccc2C1)c1ccc(Oc2ccccc2)cc1. The van der Waals surface area contributed by atoms with Crippen LogP contribution in [0.25, 0.3) is 0 Å². The summed E-state index contributed by atoms with van der Waals surface area (Å²) in [7, 11) is 0. The van der Waals surface area contributed by atoms with Gasteiger partial charge in [-0.15, -0.1) is 11.3 Å². The Bertz CT molecular complexity index is 966. The summed E-state index contributed by atoms with van der Waals surface area (Å²) in [5.74, 6) is 0.652. The Labute approximate surface area is 167 Å². The lowest BCUT2D eigenvalue weighted by Crippen LogP contribution is -2.38. The van der Waals surface area contributed by atoms with Crippen molar-refractivity contribution in [2.45, 2.75) is 13.0 Å². The molecule has 1 aliphatic heterocycles. The highest BCUT2D eigenvalue weighted by molar-refractivity contribution is 7.10. The number of carbonyl (C=O) groups excluding carboxylic acids is 2. The molecule has 0 radical (unpaired) electrons. The number of hydrogen-bond acceptors (Lipinski definition) is 5. The fourth-order valence-corrected chi connectivity index (χ4v) is 3.94. The highest BCUT2D eigenvalue weighted by Gasteiger charge is 2.22. The smallest absolute Gasteiger partial charge is 0.338 e. The van der Waals surface area contributed by atoms with Gasteiger partial charge in [0.1, 0.15) is 11.5 Å². The molecule has 0 bridgehead atoms. The minimum atomic E-state index is -0.521. The Morgan fingerprint density at radius 1 is 0.964 bits per heavy atom. The quantitative estimate of drug-likeness (QED) is 0.607. The zero-order chi connectivity index (χ0) is 19.3. The molecule has 0 spiro atoms. The van der Waals surface area contributed by atoms with Gasteiger partial charge in [-0.05, 0) is 59.8 Å². The third-order valence-electron chi connectivity index (χ3n) is 4.56. The monoisotopic (exact) mass is 393 g/mol. The molecule has 0 saturated carbocycles. The lowest BCUT2D eigenvalue weighted by atomic mass is 10.1. The predicted molar refractivity (Wildman–Crippen MR) is 107 cm³/mol. The van der Waals surface area contributed by atoms with Crippen LogP contribution in [-0.4, -0.2) is 29.9 Å². The number of para-hydroxylation sites is 1. The van der Waals surface area contributed by atoms with Crippen molar-refractivity contribution in [3.8, 4) is 11.5 Å². The number of amides is 1. The van der Waals surface area contributed by atoms with E-state index in [9.17, 15) is 9.59 Å². The van der Waals surface area contributed by atoms with E-state index in [2.05, 4.69) is 0 Å². The molecule has 1 amide bonds. The second-order valence-corrected chi connectivity index (χ2v) is 7.45. The molecular weight excluding hydrogens is 374 g/mol. The molecule has 142 valence electrons. The first-order valence-corrected chi connectivity index (χ1v) is 9.90. The normalized spacial score (nSPS) is 12.9. The van der Waals surface area contributed by atoms with Gasteiger partial charge in [0.15, 0.2) is 6.61 Å². The van der Waals surface area contributed by atoms with Crippen LogP contribution in [-0.2, 0) is 22.5 Å². The molecule has 0 saturated heterocycles. The van der Waals surface area contributed by atoms with Crippen molar-refractivity contribution in [2.75, 3.05) is 13.2 Å². The van der Waals surface area contributed by atoms with Crippen LogP contribution in [0.4, 0.5) is 0 Å². The zero-order valence-corrected chi connectivity index (χ0v) is 16.0. The molecule has 6 heteroatoms. The Morgan fingerprint density at radius 2 is 1.71 bits per heavy atom. The number of ether oxygens (including phenoxy) is 2. The first kappa shape index (κ1) is 18.3. The van der Waals surface area contributed by atoms with E-state index in [1.54, 1.807) is 40.5 Å². The fraction of sp³-hybridized carbons (Fsp3) is 0.182. The molecule has 0 aliphatic carbocycles. The summed E-state index contributed by atoms with van der Waals surface area (Å²) >= 11 is 1.72. The van der Waals surface area contributed by atoms with Crippen LogP contribution in [0.3, 0.4) is 0 Å². The molecule has 0 fully saturated rings. The summed E-state index contributed by atoms with van der Waals surface area (Å²) < 4.78 is 10.9. The van der Waals surface area contributed by atoms with Crippen molar-refractivity contribution in [3.05, 3.63) is 82.0 Å². The van der Waals surface area contributed by atoms with Crippen LogP contribution < -0.4 is 4.74 Å². The van der Waals surface area contributed by atoms with E-state index in [-0.39, 0.29) is 12.5 Å². The number of hydrogen-bond donors (Lipinski definition) is 0. The van der Waals surface area contributed by atoms with Gasteiger partial charge < -0.3 is 14.4 Å². The Balaban J connectivity index is 1.29. The number of rotatable bonds is 5. The minimum absolute atomic E-state index is 0.172. The second-order valence-electron chi connectivity index (χ2n) is 6.45. The molecule has 5 nitrogen and oxygen atoms in total. The van der Waals surface area contributed by atoms with Gasteiger partial charge in [0.05, 0.1) is 5.56 Å². The van der Waals surface area contributed by atoms with Crippen molar-refractivity contribution in [3.63, 3.8) is 0 Å². The molecule has 1 aliphatic rings. The molecule has 0 N–H and O–H groups in total. The van der Waals surface area contributed by atoms with E-state index in [1.807, 2.05) is 41.8 Å². The Hall–Kier alpha value is -3.12. The lowest BCUT2D eigenvalue weighted by Gasteiger charge is -2.26. The van der Waals surface area contributed by atoms with Gasteiger partial charge in [0.25, 0.3) is 5.91 Å². The number of carbonyl (C=O) groups is 2. The van der Waals surface area contributed by atoms with Crippen LogP contribution >= 0.6 is 11.3 Å². The van der Waals surface area contributed by atoms with E-state index in [0.717, 1.165) is 12.2 Å². The number of fused-ring (bicyclic) bond motifs is 1. The Kier molecular flexibility index (Phi) is 5.39. The van der Waals surface area contributed by atoms with Crippen LogP contribution in [0, 0.1) is 0 Å². The largest absolute Gasteiger partial charge is 0.457 e. The first-order chi connectivity index (χ1) is 13.7. The van der Waals surface area contributed by atoms with Gasteiger partial charge in [0, 0.05) is 18.0 Å². The molecule has 2 heterocycles. The van der Waals surface area contributed by atoms with Crippen LogP contribution in [0.2, 0.25) is 0 Å². The van der Waals surface area contributed by atoms with E-state index in [4.69, 9.17) is 9.47 Å². The average Bonchev–Trinajstić information content (AvgIpc) is 3.21. The highest BCUT2D eigenvalue weighted by Crippen LogP contribution is 2.24. The lowest BCUT2D eigenvalue weighted by molar-refractivity contribution is -0.135. The summed E-state index contributed by atoms with van der Waals surface area (Å²) in [5.41, 5.74) is 1.57. The number of nitrogens with zero attached hydrogens (tertiary/aromatic N) is 1.